The molecule has 0 aliphatic heterocycles. The zero-order valence-corrected chi connectivity index (χ0v) is 12.6. The van der Waals surface area contributed by atoms with Crippen molar-refractivity contribution in [3.05, 3.63) is 11.3 Å². The van der Waals surface area contributed by atoms with Crippen molar-refractivity contribution < 1.29 is 14.3 Å². The third kappa shape index (κ3) is 3.54. The number of carbonyl (C=O) groups is 2. The van der Waals surface area contributed by atoms with E-state index in [1.807, 2.05) is 0 Å². The molecule has 0 bridgehead atoms. The van der Waals surface area contributed by atoms with Gasteiger partial charge in [0.1, 0.15) is 5.25 Å². The van der Waals surface area contributed by atoms with Crippen LogP contribution in [0.3, 0.4) is 0 Å². The molecule has 1 aliphatic carbocycles. The van der Waals surface area contributed by atoms with Crippen LogP contribution in [0.5, 0.6) is 0 Å². The van der Waals surface area contributed by atoms with Gasteiger partial charge in [0.25, 0.3) is 0 Å². The Kier molecular flexibility index (Phi) is 6.86. The van der Waals surface area contributed by atoms with Crippen LogP contribution in [-0.2, 0) is 14.3 Å². The average molecular weight is 288 g/mol. The second-order valence-electron chi connectivity index (χ2n) is 4.17. The first-order valence-corrected chi connectivity index (χ1v) is 7.93. The molecule has 5 heteroatoms. The summed E-state index contributed by atoms with van der Waals surface area (Å²) in [5.74, 6) is 1.64. The molecule has 102 valence electrons. The number of rotatable bonds is 8. The van der Waals surface area contributed by atoms with E-state index in [9.17, 15) is 9.59 Å². The predicted molar refractivity (Wildman–Crippen MR) is 78.3 cm³/mol. The third-order valence-electron chi connectivity index (χ3n) is 2.84. The van der Waals surface area contributed by atoms with Crippen LogP contribution < -0.4 is 0 Å². The van der Waals surface area contributed by atoms with Crippen LogP contribution >= 0.6 is 24.4 Å². The van der Waals surface area contributed by atoms with Gasteiger partial charge in [-0.15, -0.1) is 11.8 Å². The summed E-state index contributed by atoms with van der Waals surface area (Å²) < 4.78 is 5.12. The van der Waals surface area contributed by atoms with Gasteiger partial charge in [-0.3, -0.25) is 9.59 Å². The highest BCUT2D eigenvalue weighted by atomic mass is 32.2. The number of hydrogen-bond acceptors (Lipinski definition) is 5. The van der Waals surface area contributed by atoms with Crippen molar-refractivity contribution in [3.63, 3.8) is 0 Å². The molecule has 1 unspecified atom stereocenters. The summed E-state index contributed by atoms with van der Waals surface area (Å²) in [6.45, 7) is 2.06. The van der Waals surface area contributed by atoms with E-state index in [0.29, 0.717) is 12.0 Å². The van der Waals surface area contributed by atoms with Gasteiger partial charge in [-0.2, -0.15) is 12.6 Å². The van der Waals surface area contributed by atoms with Gasteiger partial charge >= 0.3 is 0 Å². The molecule has 0 aromatic rings. The maximum absolute atomic E-state index is 12.2. The van der Waals surface area contributed by atoms with Crippen molar-refractivity contribution >= 4 is 36.0 Å². The number of methoxy groups -OCH3 is 1. The summed E-state index contributed by atoms with van der Waals surface area (Å²) in [6, 6.07) is 0. The molecule has 0 fully saturated rings. The second-order valence-corrected chi connectivity index (χ2v) is 5.83. The fraction of sp³-hybridized carbons (Fsp3) is 0.692. The molecule has 0 aromatic carbocycles. The fourth-order valence-electron chi connectivity index (χ4n) is 1.89. The molecule has 0 radical (unpaired) electrons. The van der Waals surface area contributed by atoms with Crippen LogP contribution in [0, 0.1) is 0 Å². The lowest BCUT2D eigenvalue weighted by Gasteiger charge is -2.06. The standard InChI is InChI=1S/C13H20O3S2/c1-3-4-6-9-10(14)13(18-8-5-7-17)11(15)12(9)16-2/h13,17H,3-8H2,1-2H3. The number of thiol groups is 1. The van der Waals surface area contributed by atoms with Gasteiger partial charge in [0, 0.05) is 5.57 Å². The van der Waals surface area contributed by atoms with Crippen LogP contribution in [0.2, 0.25) is 0 Å². The third-order valence-corrected chi connectivity index (χ3v) is 4.45. The van der Waals surface area contributed by atoms with Gasteiger partial charge in [-0.1, -0.05) is 13.3 Å². The Morgan fingerprint density at radius 2 is 2.00 bits per heavy atom. The smallest absolute Gasteiger partial charge is 0.218 e. The van der Waals surface area contributed by atoms with Crippen LogP contribution in [-0.4, -0.2) is 35.4 Å². The first kappa shape index (κ1) is 15.6. The number of thioether (sulfide) groups is 1. The highest BCUT2D eigenvalue weighted by molar-refractivity contribution is 8.01. The molecule has 0 amide bonds. The molecule has 1 rings (SSSR count). The topological polar surface area (TPSA) is 43.4 Å². The Morgan fingerprint density at radius 1 is 1.28 bits per heavy atom. The Hall–Kier alpha value is -0.420. The van der Waals surface area contributed by atoms with Crippen LogP contribution in [0.25, 0.3) is 0 Å². The van der Waals surface area contributed by atoms with Gasteiger partial charge in [-0.25, -0.2) is 0 Å². The Morgan fingerprint density at radius 3 is 2.56 bits per heavy atom. The lowest BCUT2D eigenvalue weighted by atomic mass is 10.1. The molecular formula is C13H20O3S2. The Balaban J connectivity index is 2.72. The predicted octanol–water partition coefficient (Wildman–Crippen LogP) is 2.65. The zero-order valence-electron chi connectivity index (χ0n) is 10.9. The van der Waals surface area contributed by atoms with Gasteiger partial charge < -0.3 is 4.74 Å². The second kappa shape index (κ2) is 7.89. The van der Waals surface area contributed by atoms with Gasteiger partial charge in [0.05, 0.1) is 7.11 Å². The maximum Gasteiger partial charge on any atom is 0.218 e. The van der Waals surface area contributed by atoms with Crippen LogP contribution in [0.1, 0.15) is 32.6 Å². The number of hydrogen-bond donors (Lipinski definition) is 1. The number of ether oxygens (including phenoxy) is 1. The lowest BCUT2D eigenvalue weighted by molar-refractivity contribution is -0.121. The maximum atomic E-state index is 12.2. The monoisotopic (exact) mass is 288 g/mol. The van der Waals surface area contributed by atoms with Crippen LogP contribution in [0.4, 0.5) is 0 Å². The van der Waals surface area contributed by atoms with Gasteiger partial charge in [0.2, 0.25) is 5.78 Å². The molecule has 0 saturated heterocycles. The first-order chi connectivity index (χ1) is 8.67. The number of allylic oxidation sites excluding steroid dienone is 2. The molecule has 0 spiro atoms. The van der Waals surface area contributed by atoms with Crippen molar-refractivity contribution in [2.45, 2.75) is 37.9 Å². The van der Waals surface area contributed by atoms with Gasteiger partial charge in [-0.05, 0) is 30.8 Å². The highest BCUT2D eigenvalue weighted by Crippen LogP contribution is 2.32. The summed E-state index contributed by atoms with van der Waals surface area (Å²) in [5, 5.41) is -0.577. The number of Topliss-reactive ketones (excluding diaryl/α,β-unsaturated/α-hetero) is 2. The van der Waals surface area contributed by atoms with E-state index in [1.165, 1.54) is 18.9 Å². The summed E-state index contributed by atoms with van der Waals surface area (Å²) >= 11 is 5.54. The summed E-state index contributed by atoms with van der Waals surface area (Å²) in [4.78, 5) is 24.3. The molecule has 0 N–H and O–H groups in total. The minimum atomic E-state index is -0.577. The molecule has 18 heavy (non-hydrogen) atoms. The number of carbonyl (C=O) groups excluding carboxylic acids is 2. The Bertz CT molecular complexity index is 350. The molecule has 0 aromatic heterocycles. The van der Waals surface area contributed by atoms with E-state index in [1.54, 1.807) is 0 Å². The van der Waals surface area contributed by atoms with Crippen LogP contribution in [0.15, 0.2) is 11.3 Å². The van der Waals surface area contributed by atoms with Crippen molar-refractivity contribution in [2.75, 3.05) is 18.6 Å². The van der Waals surface area contributed by atoms with Crippen molar-refractivity contribution in [2.24, 2.45) is 0 Å². The molecule has 3 nitrogen and oxygen atoms in total. The quantitative estimate of drug-likeness (QED) is 0.424. The number of ketones is 2. The van der Waals surface area contributed by atoms with Crippen molar-refractivity contribution in [1.29, 1.82) is 0 Å². The zero-order chi connectivity index (χ0) is 13.5. The fourth-order valence-corrected chi connectivity index (χ4v) is 3.36. The molecular weight excluding hydrogens is 268 g/mol. The van der Waals surface area contributed by atoms with E-state index in [-0.39, 0.29) is 17.3 Å². The molecule has 0 heterocycles. The SMILES string of the molecule is CCCCC1=C(OC)C(=O)C(SCCCS)C1=O. The van der Waals surface area contributed by atoms with Crippen molar-refractivity contribution in [3.8, 4) is 0 Å². The Labute approximate surface area is 118 Å². The first-order valence-electron chi connectivity index (χ1n) is 6.25. The molecule has 1 atom stereocenters. The van der Waals surface area contributed by atoms with Crippen molar-refractivity contribution in [1.82, 2.24) is 0 Å². The molecule has 0 saturated carbocycles. The average Bonchev–Trinajstić information content (AvgIpc) is 2.59. The number of unbranched alkanes of at least 4 members (excludes halogenated alkanes) is 1. The van der Waals surface area contributed by atoms with E-state index in [2.05, 4.69) is 19.6 Å². The summed E-state index contributed by atoms with van der Waals surface area (Å²) in [5.41, 5.74) is 0.590. The minimum Gasteiger partial charge on any atom is -0.493 e. The summed E-state index contributed by atoms with van der Waals surface area (Å²) in [6.07, 6.45) is 3.46. The van der Waals surface area contributed by atoms with E-state index in [0.717, 1.165) is 30.8 Å². The normalized spacial score (nSPS) is 19.8. The van der Waals surface area contributed by atoms with E-state index in [4.69, 9.17) is 4.74 Å². The lowest BCUT2D eigenvalue weighted by Crippen LogP contribution is -2.21. The van der Waals surface area contributed by atoms with E-state index < -0.39 is 5.25 Å². The highest BCUT2D eigenvalue weighted by Gasteiger charge is 2.41. The van der Waals surface area contributed by atoms with Gasteiger partial charge in [0.15, 0.2) is 11.5 Å². The summed E-state index contributed by atoms with van der Waals surface area (Å²) in [7, 11) is 1.47. The minimum absolute atomic E-state index is 0.0468. The van der Waals surface area contributed by atoms with E-state index >= 15 is 0 Å². The molecule has 1 aliphatic rings. The largest absolute Gasteiger partial charge is 0.493 e.